The van der Waals surface area contributed by atoms with Crippen molar-refractivity contribution >= 4 is 33.4 Å². The molecule has 1 N–H and O–H groups in total. The van der Waals surface area contributed by atoms with Gasteiger partial charge in [-0.05, 0) is 12.1 Å². The maximum Gasteiger partial charge on any atom is 0.240 e. The number of amides is 1. The number of nitrogens with one attached hydrogen (secondary N) is 1. The number of carbonyl (C=O) groups excluding carboxylic acids is 1. The number of aromatic nitrogens is 3. The number of hydrogen-bond donors (Lipinski definition) is 1. The van der Waals surface area contributed by atoms with Crippen LogP contribution in [0.1, 0.15) is 5.82 Å². The molecule has 26 heavy (non-hydrogen) atoms. The Kier molecular flexibility index (Phi) is 4.96. The maximum absolute atomic E-state index is 12.1. The van der Waals surface area contributed by atoms with Crippen LogP contribution in [0.3, 0.4) is 0 Å². The van der Waals surface area contributed by atoms with Crippen LogP contribution in [0.25, 0.3) is 11.0 Å². The van der Waals surface area contributed by atoms with Crippen molar-refractivity contribution in [3.8, 4) is 0 Å². The molecule has 2 aromatic heterocycles. The maximum atomic E-state index is 12.1. The molecule has 0 radical (unpaired) electrons. The molecular weight excluding hydrogens is 348 g/mol. The second kappa shape index (κ2) is 7.53. The van der Waals surface area contributed by atoms with Crippen molar-refractivity contribution in [1.29, 1.82) is 0 Å². The molecule has 0 spiro atoms. The third kappa shape index (κ3) is 3.77. The summed E-state index contributed by atoms with van der Waals surface area (Å²) in [7, 11) is 2.07. The van der Waals surface area contributed by atoms with Gasteiger partial charge in [0.15, 0.2) is 5.13 Å². The molecule has 1 fully saturated rings. The highest BCUT2D eigenvalue weighted by Gasteiger charge is 2.21. The first kappa shape index (κ1) is 17.1. The number of thiazole rings is 1. The van der Waals surface area contributed by atoms with Crippen LogP contribution in [0.2, 0.25) is 0 Å². The number of rotatable bonds is 5. The summed E-state index contributed by atoms with van der Waals surface area (Å²) in [5.74, 6) is 1.09. The summed E-state index contributed by atoms with van der Waals surface area (Å²) in [5.41, 5.74) is 2.21. The average Bonchev–Trinajstić information content (AvgIpc) is 3.25. The van der Waals surface area contributed by atoms with Gasteiger partial charge in [0.1, 0.15) is 5.82 Å². The van der Waals surface area contributed by atoms with Crippen LogP contribution in [-0.2, 0) is 18.4 Å². The Morgan fingerprint density at radius 1 is 1.19 bits per heavy atom. The Hall–Kier alpha value is -2.29. The largest absolute Gasteiger partial charge is 0.330 e. The van der Waals surface area contributed by atoms with Crippen molar-refractivity contribution in [1.82, 2.24) is 24.3 Å². The molecule has 7 nitrogen and oxygen atoms in total. The number of benzene rings is 1. The standard InChI is InChI=1S/C18H22N6OS/c1-22-15-5-3-2-4-14(15)20-16(22)12-23-7-9-24(10-8-23)13-17(25)21-18-19-6-11-26-18/h2-6,11H,7-10,12-13H2,1H3,(H,19,21,25). The lowest BCUT2D eigenvalue weighted by atomic mass is 10.3. The number of anilines is 1. The number of piperazine rings is 1. The normalized spacial score (nSPS) is 16.2. The van der Waals surface area contributed by atoms with E-state index in [1.807, 2.05) is 17.5 Å². The first-order valence-corrected chi connectivity index (χ1v) is 9.61. The smallest absolute Gasteiger partial charge is 0.240 e. The predicted octanol–water partition coefficient (Wildman–Crippen LogP) is 1.79. The minimum atomic E-state index is 0.00347. The van der Waals surface area contributed by atoms with Gasteiger partial charge in [-0.3, -0.25) is 14.6 Å². The lowest BCUT2D eigenvalue weighted by Gasteiger charge is -2.33. The molecule has 8 heteroatoms. The third-order valence-electron chi connectivity index (χ3n) is 4.76. The zero-order valence-electron chi connectivity index (χ0n) is 14.8. The second-order valence-corrected chi connectivity index (χ2v) is 7.41. The van der Waals surface area contributed by atoms with Gasteiger partial charge in [0.25, 0.3) is 0 Å². The number of aryl methyl sites for hydroxylation is 1. The summed E-state index contributed by atoms with van der Waals surface area (Å²) in [4.78, 5) is 25.5. The molecule has 4 rings (SSSR count). The van der Waals surface area contributed by atoms with Crippen molar-refractivity contribution in [2.45, 2.75) is 6.54 Å². The van der Waals surface area contributed by atoms with Crippen molar-refractivity contribution in [3.05, 3.63) is 41.7 Å². The van der Waals surface area contributed by atoms with Crippen LogP contribution in [0.5, 0.6) is 0 Å². The van der Waals surface area contributed by atoms with Gasteiger partial charge < -0.3 is 9.88 Å². The van der Waals surface area contributed by atoms with Gasteiger partial charge in [0.2, 0.25) is 5.91 Å². The Labute approximate surface area is 156 Å². The molecular formula is C18H22N6OS. The van der Waals surface area contributed by atoms with Crippen LogP contribution in [0.4, 0.5) is 5.13 Å². The van der Waals surface area contributed by atoms with Crippen molar-refractivity contribution in [3.63, 3.8) is 0 Å². The molecule has 1 aliphatic heterocycles. The molecule has 0 bridgehead atoms. The first-order chi connectivity index (χ1) is 12.7. The van der Waals surface area contributed by atoms with E-state index in [1.165, 1.54) is 16.9 Å². The Morgan fingerprint density at radius 2 is 1.96 bits per heavy atom. The summed E-state index contributed by atoms with van der Waals surface area (Å²) in [6.45, 7) is 4.90. The molecule has 0 unspecified atom stereocenters. The van der Waals surface area contributed by atoms with E-state index in [0.29, 0.717) is 11.7 Å². The summed E-state index contributed by atoms with van der Waals surface area (Å²) < 4.78 is 2.17. The molecule has 3 heterocycles. The molecule has 0 atom stereocenters. The monoisotopic (exact) mass is 370 g/mol. The van der Waals surface area contributed by atoms with Crippen LogP contribution in [0.15, 0.2) is 35.8 Å². The number of nitrogens with zero attached hydrogens (tertiary/aromatic N) is 5. The van der Waals surface area contributed by atoms with Crippen LogP contribution in [0, 0.1) is 0 Å². The minimum Gasteiger partial charge on any atom is -0.330 e. The van der Waals surface area contributed by atoms with E-state index in [-0.39, 0.29) is 5.91 Å². The van der Waals surface area contributed by atoms with Crippen molar-refractivity contribution < 1.29 is 4.79 Å². The Bertz CT molecular complexity index is 882. The SMILES string of the molecule is Cn1c(CN2CCN(CC(=O)Nc3nccs3)CC2)nc2ccccc21. The van der Waals surface area contributed by atoms with Gasteiger partial charge in [0, 0.05) is 44.8 Å². The van der Waals surface area contributed by atoms with Gasteiger partial charge in [-0.1, -0.05) is 12.1 Å². The fraction of sp³-hybridized carbons (Fsp3) is 0.389. The molecule has 1 aromatic carbocycles. The number of imidazole rings is 1. The molecule has 0 saturated carbocycles. The van der Waals surface area contributed by atoms with Gasteiger partial charge in [-0.2, -0.15) is 0 Å². The van der Waals surface area contributed by atoms with Crippen molar-refractivity contribution in [2.24, 2.45) is 7.05 Å². The molecule has 136 valence electrons. The second-order valence-electron chi connectivity index (χ2n) is 6.51. The molecule has 1 aliphatic rings. The predicted molar refractivity (Wildman–Crippen MR) is 103 cm³/mol. The summed E-state index contributed by atoms with van der Waals surface area (Å²) in [5, 5.41) is 5.36. The van der Waals surface area contributed by atoms with Crippen molar-refractivity contribution in [2.75, 3.05) is 38.0 Å². The van der Waals surface area contributed by atoms with E-state index in [9.17, 15) is 4.79 Å². The summed E-state index contributed by atoms with van der Waals surface area (Å²) in [6.07, 6.45) is 1.69. The molecule has 3 aromatic rings. The molecule has 1 saturated heterocycles. The lowest BCUT2D eigenvalue weighted by Crippen LogP contribution is -2.48. The van der Waals surface area contributed by atoms with Crippen LogP contribution < -0.4 is 5.32 Å². The first-order valence-electron chi connectivity index (χ1n) is 8.73. The van der Waals surface area contributed by atoms with Gasteiger partial charge in [-0.25, -0.2) is 9.97 Å². The lowest BCUT2D eigenvalue weighted by molar-refractivity contribution is -0.117. The quantitative estimate of drug-likeness (QED) is 0.742. The van der Waals surface area contributed by atoms with Crippen LogP contribution >= 0.6 is 11.3 Å². The van der Waals surface area contributed by atoms with Gasteiger partial charge >= 0.3 is 0 Å². The fourth-order valence-corrected chi connectivity index (χ4v) is 3.83. The minimum absolute atomic E-state index is 0.00347. The van der Waals surface area contributed by atoms with E-state index in [1.54, 1.807) is 6.20 Å². The molecule has 1 amide bonds. The van der Waals surface area contributed by atoms with E-state index in [4.69, 9.17) is 4.98 Å². The zero-order valence-corrected chi connectivity index (χ0v) is 15.6. The average molecular weight is 370 g/mol. The van der Waals surface area contributed by atoms with E-state index in [0.717, 1.165) is 44.1 Å². The van der Waals surface area contributed by atoms with Gasteiger partial charge in [0.05, 0.1) is 24.1 Å². The topological polar surface area (TPSA) is 66.3 Å². The Balaban J connectivity index is 1.29. The number of carbonyl (C=O) groups is 1. The third-order valence-corrected chi connectivity index (χ3v) is 5.44. The van der Waals surface area contributed by atoms with E-state index < -0.39 is 0 Å². The number of hydrogen-bond acceptors (Lipinski definition) is 6. The fourth-order valence-electron chi connectivity index (χ4n) is 3.29. The van der Waals surface area contributed by atoms with E-state index >= 15 is 0 Å². The van der Waals surface area contributed by atoms with E-state index in [2.05, 4.69) is 43.8 Å². The summed E-state index contributed by atoms with van der Waals surface area (Å²) in [6, 6.07) is 8.22. The van der Waals surface area contributed by atoms with Gasteiger partial charge in [-0.15, -0.1) is 11.3 Å². The van der Waals surface area contributed by atoms with Crippen LogP contribution in [-0.4, -0.2) is 63.0 Å². The molecule has 0 aliphatic carbocycles. The summed E-state index contributed by atoms with van der Waals surface area (Å²) >= 11 is 1.44. The zero-order chi connectivity index (χ0) is 17.9. The number of para-hydroxylation sites is 2. The highest BCUT2D eigenvalue weighted by atomic mass is 32.1. The highest BCUT2D eigenvalue weighted by molar-refractivity contribution is 7.13. The highest BCUT2D eigenvalue weighted by Crippen LogP contribution is 2.16. The Morgan fingerprint density at radius 3 is 2.69 bits per heavy atom. The number of fused-ring (bicyclic) bond motifs is 1.